The second-order valence-corrected chi connectivity index (χ2v) is 5.72. The van der Waals surface area contributed by atoms with Crippen LogP contribution in [-0.4, -0.2) is 11.7 Å². The highest BCUT2D eigenvalue weighted by Gasteiger charge is 2.13. The summed E-state index contributed by atoms with van der Waals surface area (Å²) >= 11 is 0. The maximum absolute atomic E-state index is 11.5. The summed E-state index contributed by atoms with van der Waals surface area (Å²) in [6.45, 7) is 5.50. The van der Waals surface area contributed by atoms with Crippen molar-refractivity contribution in [1.82, 2.24) is 0 Å². The summed E-state index contributed by atoms with van der Waals surface area (Å²) in [6.07, 6.45) is 1.25. The number of aryl methyl sites for hydroxylation is 3. The van der Waals surface area contributed by atoms with Crippen LogP contribution in [0.3, 0.4) is 0 Å². The summed E-state index contributed by atoms with van der Waals surface area (Å²) in [5, 5.41) is 0. The summed E-state index contributed by atoms with van der Waals surface area (Å²) < 4.78 is 5.95. The molecule has 0 saturated carbocycles. The average Bonchev–Trinajstić information content (AvgIpc) is 2.49. The molecule has 0 radical (unpaired) electrons. The molecule has 4 heteroatoms. The first-order chi connectivity index (χ1) is 10.9. The number of para-hydroxylation sites is 1. The van der Waals surface area contributed by atoms with Crippen molar-refractivity contribution in [2.45, 2.75) is 33.6 Å². The number of amides is 1. The van der Waals surface area contributed by atoms with Crippen LogP contribution in [0.25, 0.3) is 0 Å². The second-order valence-electron chi connectivity index (χ2n) is 5.72. The van der Waals surface area contributed by atoms with Crippen LogP contribution in [-0.2, 0) is 11.2 Å². The Morgan fingerprint density at radius 2 is 1.70 bits per heavy atom. The van der Waals surface area contributed by atoms with Crippen LogP contribution in [0.2, 0.25) is 0 Å². The number of ketones is 1. The molecule has 2 aromatic carbocycles. The predicted octanol–water partition coefficient (Wildman–Crippen LogP) is 3.72. The van der Waals surface area contributed by atoms with Gasteiger partial charge in [0.1, 0.15) is 17.3 Å². The smallest absolute Gasteiger partial charge is 0.252 e. The lowest BCUT2D eigenvalue weighted by molar-refractivity contribution is -0.116. The zero-order valence-electron chi connectivity index (χ0n) is 13.7. The molecule has 0 aliphatic carbocycles. The molecule has 2 aromatic rings. The van der Waals surface area contributed by atoms with Crippen LogP contribution in [0, 0.1) is 13.8 Å². The third-order valence-corrected chi connectivity index (χ3v) is 3.65. The van der Waals surface area contributed by atoms with Gasteiger partial charge in [0.15, 0.2) is 0 Å². The van der Waals surface area contributed by atoms with E-state index in [-0.39, 0.29) is 5.78 Å². The Kier molecular flexibility index (Phi) is 5.16. The second kappa shape index (κ2) is 7.09. The lowest BCUT2D eigenvalue weighted by atomic mass is 10.0. The summed E-state index contributed by atoms with van der Waals surface area (Å²) in [5.41, 5.74) is 8.76. The van der Waals surface area contributed by atoms with Crippen molar-refractivity contribution in [2.75, 3.05) is 0 Å². The Balaban J connectivity index is 2.31. The largest absolute Gasteiger partial charge is 0.456 e. The van der Waals surface area contributed by atoms with Gasteiger partial charge in [-0.1, -0.05) is 24.3 Å². The zero-order valence-corrected chi connectivity index (χ0v) is 13.7. The standard InChI is InChI=1S/C19H21NO3/c1-12-10-15(9-8-14(3)21)11-13(2)18(12)23-17-7-5-4-6-16(17)19(20)22/h4-7,10-11H,8-9H2,1-3H3,(H2,20,22). The molecule has 23 heavy (non-hydrogen) atoms. The SMILES string of the molecule is CC(=O)CCc1cc(C)c(Oc2ccccc2C(N)=O)c(C)c1. The first-order valence-corrected chi connectivity index (χ1v) is 7.54. The van der Waals surface area contributed by atoms with E-state index >= 15 is 0 Å². The third-order valence-electron chi connectivity index (χ3n) is 3.65. The number of carbonyl (C=O) groups is 2. The van der Waals surface area contributed by atoms with Gasteiger partial charge in [-0.3, -0.25) is 4.79 Å². The van der Waals surface area contributed by atoms with Crippen LogP contribution in [0.1, 0.15) is 40.4 Å². The molecule has 0 fully saturated rings. The van der Waals surface area contributed by atoms with Crippen molar-refractivity contribution in [3.8, 4) is 11.5 Å². The number of rotatable bonds is 6. The fourth-order valence-electron chi connectivity index (χ4n) is 2.53. The lowest BCUT2D eigenvalue weighted by Gasteiger charge is -2.15. The highest BCUT2D eigenvalue weighted by molar-refractivity contribution is 5.95. The quantitative estimate of drug-likeness (QED) is 0.884. The number of hydrogen-bond donors (Lipinski definition) is 1. The van der Waals surface area contributed by atoms with E-state index in [0.29, 0.717) is 23.5 Å². The van der Waals surface area contributed by atoms with E-state index in [0.717, 1.165) is 23.1 Å². The third kappa shape index (κ3) is 4.19. The van der Waals surface area contributed by atoms with Crippen LogP contribution in [0.15, 0.2) is 36.4 Å². The van der Waals surface area contributed by atoms with Gasteiger partial charge >= 0.3 is 0 Å². The minimum atomic E-state index is -0.519. The van der Waals surface area contributed by atoms with Crippen molar-refractivity contribution in [1.29, 1.82) is 0 Å². The minimum Gasteiger partial charge on any atom is -0.456 e. The van der Waals surface area contributed by atoms with E-state index < -0.39 is 5.91 Å². The molecule has 0 saturated heterocycles. The van der Waals surface area contributed by atoms with E-state index in [2.05, 4.69) is 0 Å². The summed E-state index contributed by atoms with van der Waals surface area (Å²) in [4.78, 5) is 22.6. The molecule has 0 spiro atoms. The minimum absolute atomic E-state index is 0.177. The fraction of sp³-hybridized carbons (Fsp3) is 0.263. The van der Waals surface area contributed by atoms with Crippen LogP contribution < -0.4 is 10.5 Å². The number of nitrogens with two attached hydrogens (primary N) is 1. The van der Waals surface area contributed by atoms with Gasteiger partial charge in [-0.05, 0) is 56.0 Å². The number of Topliss-reactive ketones (excluding diaryl/α,β-unsaturated/α-hetero) is 1. The first kappa shape index (κ1) is 16.7. The maximum atomic E-state index is 11.5. The van der Waals surface area contributed by atoms with E-state index in [1.807, 2.05) is 26.0 Å². The normalized spacial score (nSPS) is 10.4. The monoisotopic (exact) mass is 311 g/mol. The van der Waals surface area contributed by atoms with E-state index in [9.17, 15) is 9.59 Å². The van der Waals surface area contributed by atoms with Gasteiger partial charge in [0.05, 0.1) is 5.56 Å². The zero-order chi connectivity index (χ0) is 17.0. The van der Waals surface area contributed by atoms with Gasteiger partial charge in [0.2, 0.25) is 0 Å². The van der Waals surface area contributed by atoms with Gasteiger partial charge < -0.3 is 15.3 Å². The molecule has 1 amide bonds. The first-order valence-electron chi connectivity index (χ1n) is 7.54. The Labute approximate surface area is 136 Å². The highest BCUT2D eigenvalue weighted by atomic mass is 16.5. The van der Waals surface area contributed by atoms with Gasteiger partial charge in [0, 0.05) is 6.42 Å². The van der Waals surface area contributed by atoms with Crippen molar-refractivity contribution < 1.29 is 14.3 Å². The number of carbonyl (C=O) groups excluding carboxylic acids is 2. The number of primary amides is 1. The topological polar surface area (TPSA) is 69.4 Å². The molecule has 0 aromatic heterocycles. The van der Waals surface area contributed by atoms with Crippen molar-refractivity contribution >= 4 is 11.7 Å². The molecule has 2 rings (SSSR count). The van der Waals surface area contributed by atoms with Crippen LogP contribution in [0.5, 0.6) is 11.5 Å². The van der Waals surface area contributed by atoms with Gasteiger partial charge in [-0.25, -0.2) is 0 Å². The predicted molar refractivity (Wildman–Crippen MR) is 90.0 cm³/mol. The highest BCUT2D eigenvalue weighted by Crippen LogP contribution is 2.32. The Morgan fingerprint density at radius 1 is 1.09 bits per heavy atom. The maximum Gasteiger partial charge on any atom is 0.252 e. The number of benzene rings is 2. The van der Waals surface area contributed by atoms with Crippen molar-refractivity contribution in [3.05, 3.63) is 58.7 Å². The Bertz CT molecular complexity index is 727. The Morgan fingerprint density at radius 3 is 2.26 bits per heavy atom. The summed E-state index contributed by atoms with van der Waals surface area (Å²) in [7, 11) is 0. The average molecular weight is 311 g/mol. The van der Waals surface area contributed by atoms with Crippen molar-refractivity contribution in [3.63, 3.8) is 0 Å². The van der Waals surface area contributed by atoms with Gasteiger partial charge in [-0.2, -0.15) is 0 Å². The fourth-order valence-corrected chi connectivity index (χ4v) is 2.53. The number of ether oxygens (including phenoxy) is 1. The molecular weight excluding hydrogens is 290 g/mol. The Hall–Kier alpha value is -2.62. The molecule has 0 unspecified atom stereocenters. The van der Waals surface area contributed by atoms with Crippen molar-refractivity contribution in [2.24, 2.45) is 5.73 Å². The van der Waals surface area contributed by atoms with Gasteiger partial charge in [-0.15, -0.1) is 0 Å². The van der Waals surface area contributed by atoms with Crippen LogP contribution in [0.4, 0.5) is 0 Å². The molecule has 0 bridgehead atoms. The molecule has 0 aliphatic heterocycles. The van der Waals surface area contributed by atoms with Gasteiger partial charge in [0.25, 0.3) is 5.91 Å². The van der Waals surface area contributed by atoms with E-state index in [1.165, 1.54) is 0 Å². The van der Waals surface area contributed by atoms with Crippen LogP contribution >= 0.6 is 0 Å². The van der Waals surface area contributed by atoms with E-state index in [1.54, 1.807) is 31.2 Å². The summed E-state index contributed by atoms with van der Waals surface area (Å²) in [5.74, 6) is 0.818. The summed E-state index contributed by atoms with van der Waals surface area (Å²) in [6, 6.07) is 10.9. The molecule has 0 atom stereocenters. The lowest BCUT2D eigenvalue weighted by Crippen LogP contribution is -2.12. The molecule has 0 aliphatic rings. The number of hydrogen-bond acceptors (Lipinski definition) is 3. The molecule has 2 N–H and O–H groups in total. The molecule has 0 heterocycles. The molecule has 4 nitrogen and oxygen atoms in total. The molecule has 120 valence electrons. The van der Waals surface area contributed by atoms with E-state index in [4.69, 9.17) is 10.5 Å². The molecular formula is C19H21NO3.